The van der Waals surface area contributed by atoms with E-state index in [1.165, 1.54) is 0 Å². The topological polar surface area (TPSA) is 105 Å². The first kappa shape index (κ1) is 19.1. The molecule has 1 aliphatic rings. The number of rotatable bonds is 6. The Labute approximate surface area is 158 Å². The highest BCUT2D eigenvalue weighted by Gasteiger charge is 2.35. The molecule has 27 heavy (non-hydrogen) atoms. The number of carboxylic acids is 1. The molecule has 1 saturated heterocycles. The minimum atomic E-state index is -1.09. The number of nitrogens with zero attached hydrogens (tertiary/aromatic N) is 5. The van der Waals surface area contributed by atoms with E-state index >= 15 is 0 Å². The van der Waals surface area contributed by atoms with Crippen LogP contribution in [-0.4, -0.2) is 57.1 Å². The molecule has 2 aromatic rings. The predicted molar refractivity (Wildman–Crippen MR) is 101 cm³/mol. The number of aromatic nitrogens is 4. The molecule has 0 bridgehead atoms. The number of hydrogen-bond donors (Lipinski definition) is 2. The summed E-state index contributed by atoms with van der Waals surface area (Å²) in [7, 11) is 1.89. The molecular weight excluding hydrogens is 348 g/mol. The van der Waals surface area contributed by atoms with E-state index in [4.69, 9.17) is 4.74 Å². The molecule has 2 N–H and O–H groups in total. The SMILES string of the molecule is Cc1cc(CNc2ncc(C(C)(C)C(=O)O)c(N3CCOCC3)n2)n(C)n1. The molecule has 0 aromatic carbocycles. The van der Waals surface area contributed by atoms with Crippen LogP contribution in [0.3, 0.4) is 0 Å². The van der Waals surface area contributed by atoms with Crippen LogP contribution in [0, 0.1) is 6.92 Å². The van der Waals surface area contributed by atoms with Crippen molar-refractivity contribution in [2.24, 2.45) is 7.05 Å². The molecule has 1 aliphatic heterocycles. The molecule has 1 fully saturated rings. The lowest BCUT2D eigenvalue weighted by atomic mass is 9.85. The summed E-state index contributed by atoms with van der Waals surface area (Å²) in [6, 6.07) is 2.00. The summed E-state index contributed by atoms with van der Waals surface area (Å²) in [5.74, 6) is 0.191. The van der Waals surface area contributed by atoms with E-state index in [1.54, 1.807) is 20.0 Å². The van der Waals surface area contributed by atoms with E-state index in [9.17, 15) is 9.90 Å². The first-order valence-electron chi connectivity index (χ1n) is 8.96. The van der Waals surface area contributed by atoms with E-state index in [1.807, 2.05) is 24.7 Å². The van der Waals surface area contributed by atoms with Gasteiger partial charge in [0.15, 0.2) is 0 Å². The summed E-state index contributed by atoms with van der Waals surface area (Å²) >= 11 is 0. The Bertz CT molecular complexity index is 826. The molecular formula is C18H26N6O3. The number of carbonyl (C=O) groups is 1. The number of carboxylic acid groups (broad SMARTS) is 1. The second-order valence-corrected chi connectivity index (χ2v) is 7.21. The normalized spacial score (nSPS) is 15.0. The summed E-state index contributed by atoms with van der Waals surface area (Å²) in [5.41, 5.74) is 1.46. The van der Waals surface area contributed by atoms with Crippen molar-refractivity contribution < 1.29 is 14.6 Å². The van der Waals surface area contributed by atoms with Crippen molar-refractivity contribution in [3.05, 3.63) is 29.2 Å². The molecule has 0 atom stereocenters. The van der Waals surface area contributed by atoms with Gasteiger partial charge in [-0.3, -0.25) is 9.48 Å². The standard InChI is InChI=1S/C18H26N6O3/c1-12-9-13(23(4)22-12)10-19-17-20-11-14(18(2,3)16(25)26)15(21-17)24-5-7-27-8-6-24/h9,11H,5-8,10H2,1-4H3,(H,25,26)(H,19,20,21). The van der Waals surface area contributed by atoms with E-state index in [-0.39, 0.29) is 0 Å². The molecule has 146 valence electrons. The first-order chi connectivity index (χ1) is 12.8. The quantitative estimate of drug-likeness (QED) is 0.780. The van der Waals surface area contributed by atoms with E-state index < -0.39 is 11.4 Å². The van der Waals surface area contributed by atoms with Gasteiger partial charge in [0.25, 0.3) is 0 Å². The maximum absolute atomic E-state index is 11.8. The molecule has 0 saturated carbocycles. The maximum atomic E-state index is 11.8. The van der Waals surface area contributed by atoms with Crippen LogP contribution in [0.25, 0.3) is 0 Å². The highest BCUT2D eigenvalue weighted by molar-refractivity contribution is 5.82. The third-order valence-electron chi connectivity index (χ3n) is 4.81. The highest BCUT2D eigenvalue weighted by Crippen LogP contribution is 2.32. The van der Waals surface area contributed by atoms with Crippen LogP contribution in [0.15, 0.2) is 12.3 Å². The van der Waals surface area contributed by atoms with Gasteiger partial charge in [-0.15, -0.1) is 0 Å². The number of aliphatic carboxylic acids is 1. The molecule has 0 unspecified atom stereocenters. The van der Waals surface area contributed by atoms with Crippen LogP contribution in [0.1, 0.15) is 30.8 Å². The van der Waals surface area contributed by atoms with E-state index in [2.05, 4.69) is 25.3 Å². The number of anilines is 2. The number of morpholine rings is 1. The summed E-state index contributed by atoms with van der Waals surface area (Å²) in [6.07, 6.45) is 1.61. The zero-order chi connectivity index (χ0) is 19.6. The number of hydrogen-bond acceptors (Lipinski definition) is 7. The second kappa shape index (κ2) is 7.51. The molecule has 0 spiro atoms. The van der Waals surface area contributed by atoms with Crippen LogP contribution < -0.4 is 10.2 Å². The molecule has 0 radical (unpaired) electrons. The van der Waals surface area contributed by atoms with Gasteiger partial charge in [-0.05, 0) is 26.8 Å². The molecule has 9 heteroatoms. The van der Waals surface area contributed by atoms with Gasteiger partial charge >= 0.3 is 5.97 Å². The predicted octanol–water partition coefficient (Wildman–Crippen LogP) is 1.33. The third kappa shape index (κ3) is 4.02. The Hall–Kier alpha value is -2.68. The van der Waals surface area contributed by atoms with Crippen molar-refractivity contribution in [3.63, 3.8) is 0 Å². The fraction of sp³-hybridized carbons (Fsp3) is 0.556. The van der Waals surface area contributed by atoms with Crippen LogP contribution in [0.4, 0.5) is 11.8 Å². The summed E-state index contributed by atoms with van der Waals surface area (Å²) < 4.78 is 7.23. The van der Waals surface area contributed by atoms with Crippen LogP contribution in [0.2, 0.25) is 0 Å². The van der Waals surface area contributed by atoms with Crippen molar-refractivity contribution in [2.45, 2.75) is 32.7 Å². The number of aryl methyl sites for hydroxylation is 2. The van der Waals surface area contributed by atoms with Crippen molar-refractivity contribution in [2.75, 3.05) is 36.5 Å². The van der Waals surface area contributed by atoms with Gasteiger partial charge in [0.2, 0.25) is 5.95 Å². The Balaban J connectivity index is 1.90. The lowest BCUT2D eigenvalue weighted by Crippen LogP contribution is -2.40. The molecule has 0 amide bonds. The Morgan fingerprint density at radius 3 is 2.67 bits per heavy atom. The van der Waals surface area contributed by atoms with Crippen molar-refractivity contribution in [1.82, 2.24) is 19.7 Å². The van der Waals surface area contributed by atoms with Gasteiger partial charge in [-0.25, -0.2) is 4.98 Å². The molecule has 9 nitrogen and oxygen atoms in total. The van der Waals surface area contributed by atoms with Gasteiger partial charge in [-0.1, -0.05) is 0 Å². The monoisotopic (exact) mass is 374 g/mol. The minimum Gasteiger partial charge on any atom is -0.481 e. The number of nitrogens with one attached hydrogen (secondary N) is 1. The number of ether oxygens (including phenoxy) is 1. The van der Waals surface area contributed by atoms with E-state index in [0.29, 0.717) is 50.2 Å². The smallest absolute Gasteiger partial charge is 0.313 e. The fourth-order valence-electron chi connectivity index (χ4n) is 3.03. The average molecular weight is 374 g/mol. The fourth-order valence-corrected chi connectivity index (χ4v) is 3.03. The molecule has 0 aliphatic carbocycles. The van der Waals surface area contributed by atoms with Crippen molar-refractivity contribution in [3.8, 4) is 0 Å². The van der Waals surface area contributed by atoms with Gasteiger partial charge in [0.05, 0.1) is 36.6 Å². The van der Waals surface area contributed by atoms with Gasteiger partial charge < -0.3 is 20.1 Å². The Morgan fingerprint density at radius 2 is 2.07 bits per heavy atom. The molecule has 3 heterocycles. The highest BCUT2D eigenvalue weighted by atomic mass is 16.5. The van der Waals surface area contributed by atoms with Gasteiger partial charge in [0.1, 0.15) is 5.82 Å². The maximum Gasteiger partial charge on any atom is 0.313 e. The zero-order valence-corrected chi connectivity index (χ0v) is 16.2. The molecule has 2 aromatic heterocycles. The Morgan fingerprint density at radius 1 is 1.37 bits per heavy atom. The summed E-state index contributed by atoms with van der Waals surface area (Å²) in [5, 5.41) is 17.2. The van der Waals surface area contributed by atoms with Crippen molar-refractivity contribution >= 4 is 17.7 Å². The largest absolute Gasteiger partial charge is 0.481 e. The van der Waals surface area contributed by atoms with E-state index in [0.717, 1.165) is 11.4 Å². The zero-order valence-electron chi connectivity index (χ0n) is 16.2. The minimum absolute atomic E-state index is 0.459. The third-order valence-corrected chi connectivity index (χ3v) is 4.81. The lowest BCUT2D eigenvalue weighted by Gasteiger charge is -2.32. The van der Waals surface area contributed by atoms with Crippen molar-refractivity contribution in [1.29, 1.82) is 0 Å². The first-order valence-corrected chi connectivity index (χ1v) is 8.96. The lowest BCUT2D eigenvalue weighted by molar-refractivity contribution is -0.142. The molecule has 3 rings (SSSR count). The van der Waals surface area contributed by atoms with Gasteiger partial charge in [0, 0.05) is 31.9 Å². The average Bonchev–Trinajstić information content (AvgIpc) is 2.97. The Kier molecular flexibility index (Phi) is 5.31. The van der Waals surface area contributed by atoms with Gasteiger partial charge in [-0.2, -0.15) is 10.1 Å². The summed E-state index contributed by atoms with van der Waals surface area (Å²) in [4.78, 5) is 22.8. The van der Waals surface area contributed by atoms with Crippen LogP contribution in [-0.2, 0) is 28.5 Å². The van der Waals surface area contributed by atoms with Crippen LogP contribution in [0.5, 0.6) is 0 Å². The second-order valence-electron chi connectivity index (χ2n) is 7.21. The van der Waals surface area contributed by atoms with Crippen LogP contribution >= 0.6 is 0 Å². The summed E-state index contributed by atoms with van der Waals surface area (Å²) in [6.45, 7) is 8.33.